The average molecular weight is 240 g/mol. The zero-order valence-corrected chi connectivity index (χ0v) is 9.79. The van der Waals surface area contributed by atoms with Crippen molar-refractivity contribution in [2.24, 2.45) is 11.7 Å². The van der Waals surface area contributed by atoms with Gasteiger partial charge in [-0.25, -0.2) is 4.98 Å². The third-order valence-electron chi connectivity index (χ3n) is 3.04. The number of halogens is 1. The molecule has 0 aliphatic heterocycles. The Hall–Kier alpha value is -1.13. The van der Waals surface area contributed by atoms with Gasteiger partial charge >= 0.3 is 0 Å². The molecule has 4 N–H and O–H groups in total. The number of nitrogens with two attached hydrogens (primary N) is 2. The second-order valence-electron chi connectivity index (χ2n) is 4.47. The van der Waals surface area contributed by atoms with E-state index in [4.69, 9.17) is 23.1 Å². The van der Waals surface area contributed by atoms with Crippen LogP contribution in [-0.4, -0.2) is 16.3 Å². The molecular formula is C11H14ClN3O. The summed E-state index contributed by atoms with van der Waals surface area (Å²) in [5.41, 5.74) is 11.2. The highest BCUT2D eigenvalue weighted by molar-refractivity contribution is 6.31. The van der Waals surface area contributed by atoms with E-state index in [1.807, 2.05) is 0 Å². The summed E-state index contributed by atoms with van der Waals surface area (Å²) in [5, 5.41) is 0.393. The number of carbonyl (C=O) groups excluding carboxylic acids is 1. The summed E-state index contributed by atoms with van der Waals surface area (Å²) < 4.78 is 0. The number of hydrogen-bond acceptors (Lipinski definition) is 4. The Labute approximate surface area is 99.0 Å². The molecule has 5 heteroatoms. The molecule has 1 aliphatic carbocycles. The van der Waals surface area contributed by atoms with Gasteiger partial charge < -0.3 is 11.5 Å². The average Bonchev–Trinajstić information content (AvgIpc) is 3.04. The molecule has 0 bridgehead atoms. The quantitative estimate of drug-likeness (QED) is 0.786. The maximum atomic E-state index is 12.2. The zero-order chi connectivity index (χ0) is 11.9. The number of nitrogen functional groups attached to an aromatic ring is 1. The van der Waals surface area contributed by atoms with Crippen molar-refractivity contribution in [3.05, 3.63) is 22.8 Å². The molecule has 0 spiro atoms. The van der Waals surface area contributed by atoms with E-state index in [0.29, 0.717) is 10.6 Å². The Morgan fingerprint density at radius 3 is 2.81 bits per heavy atom. The second-order valence-corrected chi connectivity index (χ2v) is 4.91. The second kappa shape index (κ2) is 3.71. The molecule has 2 rings (SSSR count). The van der Waals surface area contributed by atoms with Gasteiger partial charge in [-0.15, -0.1) is 0 Å². The molecule has 1 unspecified atom stereocenters. The van der Waals surface area contributed by atoms with E-state index in [2.05, 4.69) is 4.98 Å². The summed E-state index contributed by atoms with van der Waals surface area (Å²) >= 11 is 5.80. The van der Waals surface area contributed by atoms with Gasteiger partial charge in [0, 0.05) is 6.20 Å². The number of anilines is 1. The lowest BCUT2D eigenvalue weighted by atomic mass is 9.88. The van der Waals surface area contributed by atoms with Crippen molar-refractivity contribution in [1.29, 1.82) is 0 Å². The number of nitrogens with zero attached hydrogens (tertiary/aromatic N) is 1. The van der Waals surface area contributed by atoms with Crippen LogP contribution >= 0.6 is 11.6 Å². The van der Waals surface area contributed by atoms with Crippen molar-refractivity contribution in [3.8, 4) is 0 Å². The highest BCUT2D eigenvalue weighted by Crippen LogP contribution is 2.40. The van der Waals surface area contributed by atoms with Crippen molar-refractivity contribution >= 4 is 23.2 Å². The lowest BCUT2D eigenvalue weighted by Crippen LogP contribution is -2.47. The Balaban J connectivity index is 2.36. The number of Topliss-reactive ketones (excluding diaryl/α,β-unsaturated/α-hetero) is 1. The first-order chi connectivity index (χ1) is 7.43. The third-order valence-corrected chi connectivity index (χ3v) is 3.25. The molecule has 0 amide bonds. The summed E-state index contributed by atoms with van der Waals surface area (Å²) in [6.45, 7) is 1.74. The fourth-order valence-electron chi connectivity index (χ4n) is 1.79. The maximum Gasteiger partial charge on any atom is 0.186 e. The van der Waals surface area contributed by atoms with Crippen LogP contribution in [0.5, 0.6) is 0 Å². The van der Waals surface area contributed by atoms with Crippen LogP contribution in [0, 0.1) is 5.92 Å². The molecule has 1 heterocycles. The Bertz CT molecular complexity index is 441. The van der Waals surface area contributed by atoms with Gasteiger partial charge in [0.15, 0.2) is 5.78 Å². The topological polar surface area (TPSA) is 82.0 Å². The molecule has 1 aromatic heterocycles. The molecule has 16 heavy (non-hydrogen) atoms. The molecule has 1 saturated carbocycles. The molecule has 4 nitrogen and oxygen atoms in total. The lowest BCUT2D eigenvalue weighted by Gasteiger charge is -2.23. The summed E-state index contributed by atoms with van der Waals surface area (Å²) in [7, 11) is 0. The maximum absolute atomic E-state index is 12.2. The summed E-state index contributed by atoms with van der Waals surface area (Å²) in [5.74, 6) is 0.257. The minimum absolute atomic E-state index is 0.178. The van der Waals surface area contributed by atoms with Gasteiger partial charge in [0.25, 0.3) is 0 Å². The van der Waals surface area contributed by atoms with E-state index >= 15 is 0 Å². The van der Waals surface area contributed by atoms with Gasteiger partial charge in [-0.05, 0) is 31.7 Å². The molecular weight excluding hydrogens is 226 g/mol. The zero-order valence-electron chi connectivity index (χ0n) is 9.03. The number of carbonyl (C=O) groups is 1. The predicted octanol–water partition coefficient (Wildman–Crippen LogP) is 1.63. The highest BCUT2D eigenvalue weighted by Gasteiger charge is 2.44. The van der Waals surface area contributed by atoms with Gasteiger partial charge in [-0.2, -0.15) is 0 Å². The molecule has 1 atom stereocenters. The van der Waals surface area contributed by atoms with Crippen molar-refractivity contribution in [1.82, 2.24) is 4.98 Å². The van der Waals surface area contributed by atoms with Gasteiger partial charge in [0.05, 0.1) is 16.1 Å². The minimum atomic E-state index is -0.861. The van der Waals surface area contributed by atoms with E-state index in [0.717, 1.165) is 12.8 Å². The third kappa shape index (κ3) is 1.90. The fourth-order valence-corrected chi connectivity index (χ4v) is 1.95. The van der Waals surface area contributed by atoms with Crippen molar-refractivity contribution in [2.45, 2.75) is 25.3 Å². The summed E-state index contributed by atoms with van der Waals surface area (Å²) in [6.07, 6.45) is 3.40. The van der Waals surface area contributed by atoms with Crippen LogP contribution in [0.15, 0.2) is 12.3 Å². The van der Waals surface area contributed by atoms with Gasteiger partial charge in [0.1, 0.15) is 5.82 Å². The van der Waals surface area contributed by atoms with E-state index in [9.17, 15) is 4.79 Å². The first-order valence-corrected chi connectivity index (χ1v) is 5.55. The molecule has 1 aliphatic rings. The van der Waals surface area contributed by atoms with E-state index in [-0.39, 0.29) is 17.5 Å². The van der Waals surface area contributed by atoms with Crippen molar-refractivity contribution in [2.75, 3.05) is 5.73 Å². The summed E-state index contributed by atoms with van der Waals surface area (Å²) in [4.78, 5) is 16.1. The largest absolute Gasteiger partial charge is 0.383 e. The Morgan fingerprint density at radius 2 is 2.25 bits per heavy atom. The number of aromatic nitrogens is 1. The van der Waals surface area contributed by atoms with Crippen LogP contribution in [0.25, 0.3) is 0 Å². The van der Waals surface area contributed by atoms with Gasteiger partial charge in [-0.1, -0.05) is 11.6 Å². The van der Waals surface area contributed by atoms with Crippen LogP contribution in [0.3, 0.4) is 0 Å². The normalized spacial score (nSPS) is 19.2. The van der Waals surface area contributed by atoms with E-state index in [1.165, 1.54) is 12.3 Å². The molecule has 0 radical (unpaired) electrons. The Kier molecular flexibility index (Phi) is 2.64. The monoisotopic (exact) mass is 239 g/mol. The van der Waals surface area contributed by atoms with Gasteiger partial charge in [-0.3, -0.25) is 4.79 Å². The number of pyridine rings is 1. The van der Waals surface area contributed by atoms with Crippen LogP contribution in [0.4, 0.5) is 5.82 Å². The van der Waals surface area contributed by atoms with Crippen molar-refractivity contribution in [3.63, 3.8) is 0 Å². The SMILES string of the molecule is CC(N)(C(=O)c1cc(Cl)cnc1N)C1CC1. The first-order valence-electron chi connectivity index (χ1n) is 5.17. The van der Waals surface area contributed by atoms with Crippen molar-refractivity contribution < 1.29 is 4.79 Å². The minimum Gasteiger partial charge on any atom is -0.383 e. The number of rotatable bonds is 3. The number of hydrogen-bond donors (Lipinski definition) is 2. The molecule has 0 aromatic carbocycles. The van der Waals surface area contributed by atoms with Crippen LogP contribution < -0.4 is 11.5 Å². The van der Waals surface area contributed by atoms with Crippen LogP contribution in [-0.2, 0) is 0 Å². The summed E-state index contributed by atoms with van der Waals surface area (Å²) in [6, 6.07) is 1.53. The number of ketones is 1. The predicted molar refractivity (Wildman–Crippen MR) is 63.3 cm³/mol. The molecule has 0 saturated heterocycles. The first kappa shape index (κ1) is 11.4. The standard InChI is InChI=1S/C11H14ClN3O/c1-11(14,6-2-3-6)9(16)8-4-7(12)5-15-10(8)13/h4-6H,2-3,14H2,1H3,(H2,13,15). The smallest absolute Gasteiger partial charge is 0.186 e. The molecule has 1 fully saturated rings. The van der Waals surface area contributed by atoms with E-state index < -0.39 is 5.54 Å². The fraction of sp³-hybridized carbons (Fsp3) is 0.455. The highest BCUT2D eigenvalue weighted by atomic mass is 35.5. The lowest BCUT2D eigenvalue weighted by molar-refractivity contribution is 0.0884. The van der Waals surface area contributed by atoms with E-state index in [1.54, 1.807) is 6.92 Å². The molecule has 86 valence electrons. The van der Waals surface area contributed by atoms with Crippen LogP contribution in [0.2, 0.25) is 5.02 Å². The Morgan fingerprint density at radius 1 is 1.62 bits per heavy atom. The van der Waals surface area contributed by atoms with Gasteiger partial charge in [0.2, 0.25) is 0 Å². The molecule has 1 aromatic rings. The van der Waals surface area contributed by atoms with Crippen LogP contribution in [0.1, 0.15) is 30.1 Å².